The predicted molar refractivity (Wildman–Crippen MR) is 222 cm³/mol. The summed E-state index contributed by atoms with van der Waals surface area (Å²) in [6.45, 7) is 9.38. The molecular weight excluding hydrogens is 645 g/mol. The molecule has 9 aromatic rings. The zero-order valence-corrected chi connectivity index (χ0v) is 30.3. The van der Waals surface area contributed by atoms with Crippen molar-refractivity contribution in [2.75, 3.05) is 9.80 Å². The summed E-state index contributed by atoms with van der Waals surface area (Å²) in [6.07, 6.45) is 0. The van der Waals surface area contributed by atoms with E-state index in [-0.39, 0.29) is 10.8 Å². The number of benzene rings is 8. The number of rotatable bonds is 2. The first kappa shape index (κ1) is 30.3. The molecule has 2 aliphatic heterocycles. The van der Waals surface area contributed by atoms with E-state index in [4.69, 9.17) is 4.42 Å². The molecule has 254 valence electrons. The number of nitrogens with zero attached hydrogens (tertiary/aromatic N) is 2. The summed E-state index contributed by atoms with van der Waals surface area (Å²) >= 11 is 0. The topological polar surface area (TPSA) is 19.6 Å². The fraction of sp³-hybridized carbons (Fsp3) is 0.120. The van der Waals surface area contributed by atoms with Crippen molar-refractivity contribution < 1.29 is 4.42 Å². The number of anilines is 6. The molecule has 0 amide bonds. The molecule has 0 unspecified atom stereocenters. The average molecular weight is 683 g/mol. The van der Waals surface area contributed by atoms with Gasteiger partial charge in [-0.1, -0.05) is 149 Å². The molecule has 3 heteroatoms. The summed E-state index contributed by atoms with van der Waals surface area (Å²) in [7, 11) is 0. The van der Waals surface area contributed by atoms with Crippen LogP contribution in [0, 0.1) is 0 Å². The summed E-state index contributed by atoms with van der Waals surface area (Å²) in [5.74, 6) is 0. The Balaban J connectivity index is 1.26. The van der Waals surface area contributed by atoms with Crippen molar-refractivity contribution in [3.63, 3.8) is 0 Å². The van der Waals surface area contributed by atoms with Gasteiger partial charge in [0.2, 0.25) is 0 Å². The Kier molecular flexibility index (Phi) is 6.07. The van der Waals surface area contributed by atoms with Crippen LogP contribution in [0.15, 0.2) is 162 Å². The van der Waals surface area contributed by atoms with Gasteiger partial charge in [-0.2, -0.15) is 0 Å². The summed E-state index contributed by atoms with van der Waals surface area (Å²) in [5, 5.41) is 6.76. The standard InChI is InChI=1S/C50H38N2O/c1-49(2)37-21-9-13-25-41(37)51(42-26-14-10-22-38(42)49)45-29-35-36-30-46(52-43-27-15-11-23-39(43)50(3,4)40-24-12-16-28-44(40)52)32-18-6-8-20-34(32)48(36)53-47(35)33-19-7-5-17-31(33)45/h5-30H,1-4H3. The zero-order chi connectivity index (χ0) is 35.6. The molecule has 0 atom stereocenters. The highest BCUT2D eigenvalue weighted by atomic mass is 16.3. The van der Waals surface area contributed by atoms with Gasteiger partial charge in [-0.15, -0.1) is 0 Å². The summed E-state index contributed by atoms with van der Waals surface area (Å²) < 4.78 is 7.07. The molecule has 8 aromatic carbocycles. The Hall–Kier alpha value is -6.32. The summed E-state index contributed by atoms with van der Waals surface area (Å²) in [5.41, 5.74) is 14.0. The van der Waals surface area contributed by atoms with Crippen molar-refractivity contribution >= 4 is 77.6 Å². The predicted octanol–water partition coefficient (Wildman–Crippen LogP) is 14.1. The Bertz CT molecular complexity index is 2680. The Morgan fingerprint density at radius 3 is 0.943 bits per heavy atom. The highest BCUT2D eigenvalue weighted by Crippen LogP contribution is 2.56. The third-order valence-electron chi connectivity index (χ3n) is 12.2. The van der Waals surface area contributed by atoms with Gasteiger partial charge in [0.05, 0.1) is 34.1 Å². The molecule has 11 rings (SSSR count). The maximum atomic E-state index is 7.07. The lowest BCUT2D eigenvalue weighted by atomic mass is 9.73. The van der Waals surface area contributed by atoms with Crippen LogP contribution in [-0.4, -0.2) is 0 Å². The highest BCUT2D eigenvalue weighted by Gasteiger charge is 2.39. The molecule has 0 saturated carbocycles. The van der Waals surface area contributed by atoms with Crippen molar-refractivity contribution in [3.8, 4) is 0 Å². The molecular formula is C50H38N2O. The lowest BCUT2D eigenvalue weighted by Gasteiger charge is -2.42. The monoisotopic (exact) mass is 682 g/mol. The maximum Gasteiger partial charge on any atom is 0.143 e. The average Bonchev–Trinajstić information content (AvgIpc) is 3.57. The summed E-state index contributed by atoms with van der Waals surface area (Å²) in [6, 6.07) is 57.9. The molecule has 0 radical (unpaired) electrons. The fourth-order valence-electron chi connectivity index (χ4n) is 9.61. The van der Waals surface area contributed by atoms with Crippen molar-refractivity contribution in [1.29, 1.82) is 0 Å². The molecule has 53 heavy (non-hydrogen) atoms. The van der Waals surface area contributed by atoms with Crippen LogP contribution in [0.4, 0.5) is 34.1 Å². The van der Waals surface area contributed by atoms with Crippen LogP contribution in [0.3, 0.4) is 0 Å². The van der Waals surface area contributed by atoms with Gasteiger partial charge in [-0.05, 0) is 58.7 Å². The number of fused-ring (bicyclic) bond motifs is 11. The molecule has 0 bridgehead atoms. The van der Waals surface area contributed by atoms with Crippen LogP contribution in [0.1, 0.15) is 49.9 Å². The Morgan fingerprint density at radius 1 is 0.321 bits per heavy atom. The van der Waals surface area contributed by atoms with Gasteiger partial charge in [0.15, 0.2) is 0 Å². The van der Waals surface area contributed by atoms with E-state index in [1.54, 1.807) is 0 Å². The second-order valence-corrected chi connectivity index (χ2v) is 15.7. The van der Waals surface area contributed by atoms with Gasteiger partial charge in [0, 0.05) is 43.1 Å². The van der Waals surface area contributed by atoms with Gasteiger partial charge in [0.1, 0.15) is 11.2 Å². The quantitative estimate of drug-likeness (QED) is 0.181. The van der Waals surface area contributed by atoms with E-state index in [9.17, 15) is 0 Å². The number of hydrogen-bond donors (Lipinski definition) is 0. The SMILES string of the molecule is CC1(C)c2ccccc2N(c2cc3c4cc(N5c6ccccc6C(C)(C)c6ccccc65)c5ccccc5c4oc3c3ccccc23)c2ccccc21. The van der Waals surface area contributed by atoms with Gasteiger partial charge in [0.25, 0.3) is 0 Å². The van der Waals surface area contributed by atoms with Crippen LogP contribution >= 0.6 is 0 Å². The van der Waals surface area contributed by atoms with Crippen LogP contribution in [0.5, 0.6) is 0 Å². The normalized spacial score (nSPS) is 15.4. The van der Waals surface area contributed by atoms with Crippen LogP contribution in [0.2, 0.25) is 0 Å². The van der Waals surface area contributed by atoms with E-state index in [0.717, 1.165) is 54.9 Å². The van der Waals surface area contributed by atoms with E-state index in [2.05, 4.69) is 195 Å². The summed E-state index contributed by atoms with van der Waals surface area (Å²) in [4.78, 5) is 4.97. The second-order valence-electron chi connectivity index (χ2n) is 15.7. The van der Waals surface area contributed by atoms with Crippen molar-refractivity contribution in [3.05, 3.63) is 180 Å². The minimum Gasteiger partial charge on any atom is -0.455 e. The minimum atomic E-state index is -0.144. The van der Waals surface area contributed by atoms with Crippen molar-refractivity contribution in [1.82, 2.24) is 0 Å². The molecule has 3 heterocycles. The van der Waals surface area contributed by atoms with Crippen molar-refractivity contribution in [2.45, 2.75) is 38.5 Å². The van der Waals surface area contributed by atoms with Crippen molar-refractivity contribution in [2.24, 2.45) is 0 Å². The number of furan rings is 1. The molecule has 0 saturated heterocycles. The highest BCUT2D eigenvalue weighted by molar-refractivity contribution is 6.25. The van der Waals surface area contributed by atoms with Crippen LogP contribution in [-0.2, 0) is 10.8 Å². The molecule has 3 nitrogen and oxygen atoms in total. The first-order chi connectivity index (χ1) is 25.8. The second kappa shape index (κ2) is 10.6. The fourth-order valence-corrected chi connectivity index (χ4v) is 9.61. The zero-order valence-electron chi connectivity index (χ0n) is 30.3. The Morgan fingerprint density at radius 2 is 0.604 bits per heavy atom. The lowest BCUT2D eigenvalue weighted by Crippen LogP contribution is -2.30. The van der Waals surface area contributed by atoms with Gasteiger partial charge in [-0.3, -0.25) is 0 Å². The Labute approximate surface area is 309 Å². The maximum absolute atomic E-state index is 7.07. The molecule has 0 fully saturated rings. The molecule has 0 aliphatic carbocycles. The largest absolute Gasteiger partial charge is 0.455 e. The lowest BCUT2D eigenvalue weighted by molar-refractivity contribution is 0.632. The molecule has 2 aliphatic rings. The van der Waals surface area contributed by atoms with E-state index >= 15 is 0 Å². The number of para-hydroxylation sites is 4. The van der Waals surface area contributed by atoms with E-state index in [0.29, 0.717) is 0 Å². The smallest absolute Gasteiger partial charge is 0.143 e. The number of hydrogen-bond acceptors (Lipinski definition) is 3. The first-order valence-electron chi connectivity index (χ1n) is 18.6. The molecule has 0 N–H and O–H groups in total. The van der Waals surface area contributed by atoms with Gasteiger partial charge in [-0.25, -0.2) is 0 Å². The van der Waals surface area contributed by atoms with Crippen LogP contribution in [0.25, 0.3) is 43.5 Å². The third kappa shape index (κ3) is 4.00. The van der Waals surface area contributed by atoms with Crippen LogP contribution < -0.4 is 9.80 Å². The van der Waals surface area contributed by atoms with E-state index < -0.39 is 0 Å². The van der Waals surface area contributed by atoms with E-state index in [1.165, 1.54) is 45.0 Å². The van der Waals surface area contributed by atoms with Gasteiger partial charge < -0.3 is 14.2 Å². The first-order valence-corrected chi connectivity index (χ1v) is 18.6. The van der Waals surface area contributed by atoms with E-state index in [1.807, 2.05) is 0 Å². The molecule has 0 spiro atoms. The molecule has 1 aromatic heterocycles. The minimum absolute atomic E-state index is 0.144. The van der Waals surface area contributed by atoms with Gasteiger partial charge >= 0.3 is 0 Å². The third-order valence-corrected chi connectivity index (χ3v) is 12.2.